The van der Waals surface area contributed by atoms with Crippen LogP contribution in [-0.2, 0) is 4.74 Å². The van der Waals surface area contributed by atoms with Crippen molar-refractivity contribution in [2.75, 3.05) is 46.4 Å². The van der Waals surface area contributed by atoms with Crippen LogP contribution in [0.15, 0.2) is 4.99 Å². The van der Waals surface area contributed by atoms with Gasteiger partial charge in [0.25, 0.3) is 0 Å². The highest BCUT2D eigenvalue weighted by Crippen LogP contribution is 2.29. The molecule has 0 spiro atoms. The van der Waals surface area contributed by atoms with E-state index in [1.807, 2.05) is 7.05 Å². The number of nitrogens with one attached hydrogen (secondary N) is 2. The number of aliphatic imine (C=N–C) groups is 1. The summed E-state index contributed by atoms with van der Waals surface area (Å²) < 4.78 is 5.42. The van der Waals surface area contributed by atoms with Gasteiger partial charge in [0, 0.05) is 39.3 Å². The number of ether oxygens (including phenoxy) is 1. The van der Waals surface area contributed by atoms with Gasteiger partial charge in [-0.05, 0) is 43.4 Å². The van der Waals surface area contributed by atoms with Gasteiger partial charge in [-0.3, -0.25) is 9.89 Å². The zero-order valence-electron chi connectivity index (χ0n) is 16.6. The molecule has 1 saturated carbocycles. The van der Waals surface area contributed by atoms with Gasteiger partial charge in [0.1, 0.15) is 0 Å². The average molecular weight is 466 g/mol. The molecule has 1 aliphatic heterocycles. The number of morpholine rings is 1. The molecule has 0 aromatic heterocycles. The second kappa shape index (κ2) is 12.3. The smallest absolute Gasteiger partial charge is 0.191 e. The molecule has 25 heavy (non-hydrogen) atoms. The van der Waals surface area contributed by atoms with Crippen LogP contribution in [0.2, 0.25) is 0 Å². The lowest BCUT2D eigenvalue weighted by Gasteiger charge is -2.32. The summed E-state index contributed by atoms with van der Waals surface area (Å²) >= 11 is 0. The summed E-state index contributed by atoms with van der Waals surface area (Å²) in [4.78, 5) is 6.92. The van der Waals surface area contributed by atoms with Gasteiger partial charge in [0.15, 0.2) is 5.96 Å². The predicted octanol–water partition coefficient (Wildman–Crippen LogP) is 2.95. The van der Waals surface area contributed by atoms with Gasteiger partial charge >= 0.3 is 0 Å². The van der Waals surface area contributed by atoms with Crippen molar-refractivity contribution in [1.29, 1.82) is 0 Å². The number of nitrogens with zero attached hydrogens (tertiary/aromatic N) is 2. The van der Waals surface area contributed by atoms with Crippen molar-refractivity contribution in [3.8, 4) is 0 Å². The highest BCUT2D eigenvalue weighted by molar-refractivity contribution is 14.0. The number of rotatable bonds is 6. The topological polar surface area (TPSA) is 48.9 Å². The lowest BCUT2D eigenvalue weighted by Crippen LogP contribution is -2.47. The molecule has 2 N–H and O–H groups in total. The molecule has 1 unspecified atom stereocenters. The minimum atomic E-state index is 0. The van der Waals surface area contributed by atoms with E-state index < -0.39 is 0 Å². The largest absolute Gasteiger partial charge is 0.379 e. The maximum Gasteiger partial charge on any atom is 0.191 e. The van der Waals surface area contributed by atoms with Crippen LogP contribution >= 0.6 is 24.0 Å². The normalized spacial score (nSPS) is 26.8. The molecule has 6 heteroatoms. The van der Waals surface area contributed by atoms with Crippen LogP contribution in [0.25, 0.3) is 0 Å². The Morgan fingerprint density at radius 1 is 1.12 bits per heavy atom. The molecule has 2 fully saturated rings. The van der Waals surface area contributed by atoms with E-state index in [0.717, 1.165) is 57.2 Å². The third-order valence-electron chi connectivity index (χ3n) is 5.57. The summed E-state index contributed by atoms with van der Waals surface area (Å²) in [7, 11) is 1.88. The Labute approximate surface area is 171 Å². The summed E-state index contributed by atoms with van der Waals surface area (Å²) in [6.45, 7) is 13.0. The first-order valence-corrected chi connectivity index (χ1v) is 9.85. The highest BCUT2D eigenvalue weighted by Gasteiger charge is 2.23. The van der Waals surface area contributed by atoms with Crippen LogP contribution in [0, 0.1) is 17.8 Å². The summed E-state index contributed by atoms with van der Waals surface area (Å²) in [6, 6.07) is 0.584. The maximum absolute atomic E-state index is 5.42. The maximum atomic E-state index is 5.42. The van der Waals surface area contributed by atoms with E-state index in [4.69, 9.17) is 4.74 Å². The van der Waals surface area contributed by atoms with Crippen LogP contribution in [0.3, 0.4) is 0 Å². The SMILES string of the molecule is CN=C(NCC(C)CN1CCOCC1)NC1CCC(C(C)C)CC1.I. The van der Waals surface area contributed by atoms with E-state index >= 15 is 0 Å². The molecule has 2 rings (SSSR count). The van der Waals surface area contributed by atoms with Gasteiger partial charge < -0.3 is 15.4 Å². The Morgan fingerprint density at radius 2 is 1.76 bits per heavy atom. The van der Waals surface area contributed by atoms with Gasteiger partial charge in [-0.25, -0.2) is 0 Å². The first kappa shape index (κ1) is 23.0. The van der Waals surface area contributed by atoms with Crippen molar-refractivity contribution >= 4 is 29.9 Å². The van der Waals surface area contributed by atoms with Crippen molar-refractivity contribution in [2.24, 2.45) is 22.7 Å². The molecular weight excluding hydrogens is 427 g/mol. The predicted molar refractivity (Wildman–Crippen MR) is 117 cm³/mol. The van der Waals surface area contributed by atoms with Crippen molar-refractivity contribution in [3.63, 3.8) is 0 Å². The van der Waals surface area contributed by atoms with Crippen LogP contribution in [0.4, 0.5) is 0 Å². The zero-order valence-corrected chi connectivity index (χ0v) is 18.9. The third kappa shape index (κ3) is 8.43. The van der Waals surface area contributed by atoms with Crippen molar-refractivity contribution in [3.05, 3.63) is 0 Å². The van der Waals surface area contributed by atoms with Crippen molar-refractivity contribution in [2.45, 2.75) is 52.5 Å². The molecule has 5 nitrogen and oxygen atoms in total. The van der Waals surface area contributed by atoms with Gasteiger partial charge in [-0.15, -0.1) is 24.0 Å². The molecule has 1 heterocycles. The second-order valence-corrected chi connectivity index (χ2v) is 7.97. The van der Waals surface area contributed by atoms with Crippen LogP contribution in [-0.4, -0.2) is 63.3 Å². The molecule has 1 saturated heterocycles. The Morgan fingerprint density at radius 3 is 2.32 bits per heavy atom. The standard InChI is InChI=1S/C19H38N4O.HI/c1-15(2)17-5-7-18(8-6-17)22-19(20-4)21-13-16(3)14-23-9-11-24-12-10-23;/h15-18H,5-14H2,1-4H3,(H2,20,21,22);1H. The number of guanidine groups is 1. The van der Waals surface area contributed by atoms with E-state index in [1.165, 1.54) is 25.7 Å². The third-order valence-corrected chi connectivity index (χ3v) is 5.57. The molecule has 1 aliphatic carbocycles. The Kier molecular flexibility index (Phi) is 11.3. The van der Waals surface area contributed by atoms with Gasteiger partial charge in [-0.2, -0.15) is 0 Å². The Balaban J connectivity index is 0.00000312. The molecular formula is C19H39IN4O. The molecule has 0 bridgehead atoms. The molecule has 1 atom stereocenters. The quantitative estimate of drug-likeness (QED) is 0.359. The number of halogens is 1. The summed E-state index contributed by atoms with van der Waals surface area (Å²) in [5.74, 6) is 3.31. The molecule has 0 radical (unpaired) electrons. The minimum absolute atomic E-state index is 0. The van der Waals surface area contributed by atoms with Crippen molar-refractivity contribution in [1.82, 2.24) is 15.5 Å². The van der Waals surface area contributed by atoms with E-state index in [-0.39, 0.29) is 24.0 Å². The Bertz CT molecular complexity index is 378. The van der Waals surface area contributed by atoms with Gasteiger partial charge in [0.05, 0.1) is 13.2 Å². The van der Waals surface area contributed by atoms with Crippen LogP contribution in [0.1, 0.15) is 46.5 Å². The monoisotopic (exact) mass is 466 g/mol. The van der Waals surface area contributed by atoms with E-state index in [0.29, 0.717) is 12.0 Å². The number of hydrogen-bond donors (Lipinski definition) is 2. The average Bonchev–Trinajstić information content (AvgIpc) is 2.60. The summed E-state index contributed by atoms with van der Waals surface area (Å²) in [5, 5.41) is 7.15. The zero-order chi connectivity index (χ0) is 17.4. The number of hydrogen-bond acceptors (Lipinski definition) is 3. The lowest BCUT2D eigenvalue weighted by atomic mass is 9.80. The second-order valence-electron chi connectivity index (χ2n) is 7.97. The highest BCUT2D eigenvalue weighted by atomic mass is 127. The molecule has 0 amide bonds. The van der Waals surface area contributed by atoms with Crippen LogP contribution in [0.5, 0.6) is 0 Å². The first-order chi connectivity index (χ1) is 11.6. The van der Waals surface area contributed by atoms with E-state index in [2.05, 4.69) is 41.3 Å². The van der Waals surface area contributed by atoms with Crippen molar-refractivity contribution < 1.29 is 4.74 Å². The van der Waals surface area contributed by atoms with Gasteiger partial charge in [0.2, 0.25) is 0 Å². The van der Waals surface area contributed by atoms with Gasteiger partial charge in [-0.1, -0.05) is 20.8 Å². The molecule has 0 aromatic carbocycles. The molecule has 148 valence electrons. The first-order valence-electron chi connectivity index (χ1n) is 9.85. The molecule has 2 aliphatic rings. The summed E-state index contributed by atoms with van der Waals surface area (Å²) in [5.41, 5.74) is 0. The van der Waals surface area contributed by atoms with Crippen LogP contribution < -0.4 is 10.6 Å². The van der Waals surface area contributed by atoms with E-state index in [9.17, 15) is 0 Å². The lowest BCUT2D eigenvalue weighted by molar-refractivity contribution is 0.0320. The fraction of sp³-hybridized carbons (Fsp3) is 0.947. The fourth-order valence-electron chi connectivity index (χ4n) is 3.88. The van der Waals surface area contributed by atoms with E-state index in [1.54, 1.807) is 0 Å². The minimum Gasteiger partial charge on any atom is -0.379 e. The summed E-state index contributed by atoms with van der Waals surface area (Å²) in [6.07, 6.45) is 5.24. The Hall–Kier alpha value is -0.0800. The fourth-order valence-corrected chi connectivity index (χ4v) is 3.88. The molecule has 0 aromatic rings.